The molecule has 102 valence electrons. The Morgan fingerprint density at radius 1 is 1.28 bits per heavy atom. The van der Waals surface area contributed by atoms with Crippen LogP contribution in [0.2, 0.25) is 0 Å². The Morgan fingerprint density at radius 3 is 2.33 bits per heavy atom. The molecule has 2 amide bonds. The first-order chi connectivity index (χ1) is 8.35. The van der Waals surface area contributed by atoms with E-state index in [1.807, 2.05) is 13.8 Å². The minimum Gasteiger partial charge on any atom is -0.343 e. The molecule has 0 radical (unpaired) electrons. The molecular formula is C14H24N2O2. The molecule has 1 N–H and O–H groups in total. The van der Waals surface area contributed by atoms with E-state index in [0.29, 0.717) is 5.92 Å². The number of carbonyl (C=O) groups is 2. The number of piperazine rings is 1. The lowest BCUT2D eigenvalue weighted by Crippen LogP contribution is -2.60. The quantitative estimate of drug-likeness (QED) is 0.822. The van der Waals surface area contributed by atoms with Gasteiger partial charge in [-0.1, -0.05) is 27.7 Å². The van der Waals surface area contributed by atoms with Gasteiger partial charge in [0.05, 0.1) is 6.54 Å². The molecule has 1 unspecified atom stereocenters. The van der Waals surface area contributed by atoms with Gasteiger partial charge in [-0.3, -0.25) is 9.59 Å². The topological polar surface area (TPSA) is 49.4 Å². The second-order valence-corrected chi connectivity index (χ2v) is 6.50. The minimum absolute atomic E-state index is 0.0205. The minimum atomic E-state index is -0.339. The first kappa shape index (κ1) is 13.4. The van der Waals surface area contributed by atoms with Crippen molar-refractivity contribution in [2.75, 3.05) is 13.1 Å². The Hall–Kier alpha value is -1.06. The molecule has 1 saturated carbocycles. The van der Waals surface area contributed by atoms with Crippen LogP contribution in [0.25, 0.3) is 0 Å². The summed E-state index contributed by atoms with van der Waals surface area (Å²) in [6, 6.07) is -0.339. The third-order valence-electron chi connectivity index (χ3n) is 4.52. The molecule has 4 heteroatoms. The van der Waals surface area contributed by atoms with Gasteiger partial charge in [0.25, 0.3) is 0 Å². The van der Waals surface area contributed by atoms with Crippen LogP contribution in [0, 0.1) is 17.3 Å². The van der Waals surface area contributed by atoms with Crippen LogP contribution in [-0.2, 0) is 9.59 Å². The average Bonchev–Trinajstić information content (AvgIpc) is 3.03. The number of carbonyl (C=O) groups excluding carboxylic acids is 2. The molecular weight excluding hydrogens is 228 g/mol. The fourth-order valence-electron chi connectivity index (χ4n) is 2.77. The van der Waals surface area contributed by atoms with Crippen LogP contribution in [0.15, 0.2) is 0 Å². The van der Waals surface area contributed by atoms with Crippen molar-refractivity contribution >= 4 is 11.8 Å². The maximum absolute atomic E-state index is 12.4. The zero-order chi connectivity index (χ0) is 13.5. The molecule has 0 aromatic rings. The summed E-state index contributed by atoms with van der Waals surface area (Å²) < 4.78 is 0. The van der Waals surface area contributed by atoms with E-state index in [-0.39, 0.29) is 35.7 Å². The molecule has 1 saturated heterocycles. The molecule has 0 aromatic carbocycles. The molecule has 1 aliphatic heterocycles. The highest BCUT2D eigenvalue weighted by Gasteiger charge is 2.48. The number of amides is 2. The van der Waals surface area contributed by atoms with Gasteiger partial charge in [0.2, 0.25) is 11.8 Å². The molecule has 2 fully saturated rings. The van der Waals surface area contributed by atoms with E-state index in [1.54, 1.807) is 4.90 Å². The number of rotatable bonds is 4. The van der Waals surface area contributed by atoms with Crippen molar-refractivity contribution in [3.63, 3.8) is 0 Å². The van der Waals surface area contributed by atoms with Gasteiger partial charge in [-0.25, -0.2) is 0 Å². The maximum atomic E-state index is 12.4. The Bertz CT molecular complexity index is 359. The van der Waals surface area contributed by atoms with E-state index in [1.165, 1.54) is 12.8 Å². The predicted molar refractivity (Wildman–Crippen MR) is 69.9 cm³/mol. The van der Waals surface area contributed by atoms with Gasteiger partial charge < -0.3 is 10.2 Å². The van der Waals surface area contributed by atoms with Gasteiger partial charge in [0, 0.05) is 6.54 Å². The standard InChI is InChI=1S/C14H24N2O2/c1-9(2)12-13(18)16(7-11(17)15-12)8-14(5-6-14)10(3)4/h9-10,12H,5-8H2,1-4H3,(H,15,17). The summed E-state index contributed by atoms with van der Waals surface area (Å²) in [4.78, 5) is 25.8. The first-order valence-corrected chi connectivity index (χ1v) is 6.94. The van der Waals surface area contributed by atoms with Crippen LogP contribution in [0.3, 0.4) is 0 Å². The Labute approximate surface area is 109 Å². The fourth-order valence-corrected chi connectivity index (χ4v) is 2.77. The highest BCUT2D eigenvalue weighted by atomic mass is 16.2. The largest absolute Gasteiger partial charge is 0.343 e. The number of hydrogen-bond acceptors (Lipinski definition) is 2. The molecule has 1 atom stereocenters. The van der Waals surface area contributed by atoms with E-state index >= 15 is 0 Å². The second-order valence-electron chi connectivity index (χ2n) is 6.50. The van der Waals surface area contributed by atoms with E-state index in [4.69, 9.17) is 0 Å². The van der Waals surface area contributed by atoms with Gasteiger partial charge in [0.15, 0.2) is 0 Å². The molecule has 2 aliphatic rings. The van der Waals surface area contributed by atoms with Crippen molar-refractivity contribution in [3.05, 3.63) is 0 Å². The van der Waals surface area contributed by atoms with Crippen LogP contribution in [-0.4, -0.2) is 35.8 Å². The zero-order valence-corrected chi connectivity index (χ0v) is 11.8. The molecule has 2 rings (SSSR count). The van der Waals surface area contributed by atoms with Crippen molar-refractivity contribution in [2.24, 2.45) is 17.3 Å². The average molecular weight is 252 g/mol. The van der Waals surface area contributed by atoms with E-state index in [9.17, 15) is 9.59 Å². The summed E-state index contributed by atoms with van der Waals surface area (Å²) in [5.41, 5.74) is 0.273. The van der Waals surface area contributed by atoms with Gasteiger partial charge in [0.1, 0.15) is 6.04 Å². The number of nitrogens with one attached hydrogen (secondary N) is 1. The van der Waals surface area contributed by atoms with Crippen LogP contribution in [0.4, 0.5) is 0 Å². The van der Waals surface area contributed by atoms with E-state index in [0.717, 1.165) is 6.54 Å². The fraction of sp³-hybridized carbons (Fsp3) is 0.857. The highest BCUT2D eigenvalue weighted by Crippen LogP contribution is 2.52. The monoisotopic (exact) mass is 252 g/mol. The summed E-state index contributed by atoms with van der Waals surface area (Å²) in [6.07, 6.45) is 2.37. The SMILES string of the molecule is CC(C)C1NC(=O)CN(CC2(C(C)C)CC2)C1=O. The van der Waals surface area contributed by atoms with Crippen LogP contribution in [0.1, 0.15) is 40.5 Å². The lowest BCUT2D eigenvalue weighted by molar-refractivity contribution is -0.146. The van der Waals surface area contributed by atoms with Crippen molar-refractivity contribution in [2.45, 2.75) is 46.6 Å². The lowest BCUT2D eigenvalue weighted by Gasteiger charge is -2.37. The molecule has 1 heterocycles. The highest BCUT2D eigenvalue weighted by molar-refractivity contribution is 5.95. The second kappa shape index (κ2) is 4.56. The first-order valence-electron chi connectivity index (χ1n) is 6.94. The van der Waals surface area contributed by atoms with E-state index < -0.39 is 0 Å². The smallest absolute Gasteiger partial charge is 0.245 e. The van der Waals surface area contributed by atoms with Crippen LogP contribution < -0.4 is 5.32 Å². The van der Waals surface area contributed by atoms with Crippen LogP contribution in [0.5, 0.6) is 0 Å². The van der Waals surface area contributed by atoms with Gasteiger partial charge in [-0.15, -0.1) is 0 Å². The van der Waals surface area contributed by atoms with Crippen molar-refractivity contribution in [3.8, 4) is 0 Å². The lowest BCUT2D eigenvalue weighted by atomic mass is 9.90. The molecule has 0 spiro atoms. The van der Waals surface area contributed by atoms with Crippen molar-refractivity contribution < 1.29 is 9.59 Å². The third-order valence-corrected chi connectivity index (χ3v) is 4.52. The Balaban J connectivity index is 2.08. The van der Waals surface area contributed by atoms with Crippen LogP contribution >= 0.6 is 0 Å². The zero-order valence-electron chi connectivity index (χ0n) is 11.8. The number of hydrogen-bond donors (Lipinski definition) is 1. The molecule has 0 bridgehead atoms. The van der Waals surface area contributed by atoms with Gasteiger partial charge in [-0.2, -0.15) is 0 Å². The van der Waals surface area contributed by atoms with Gasteiger partial charge in [-0.05, 0) is 30.1 Å². The molecule has 0 aromatic heterocycles. The number of nitrogens with zero attached hydrogens (tertiary/aromatic N) is 1. The van der Waals surface area contributed by atoms with Crippen molar-refractivity contribution in [1.82, 2.24) is 10.2 Å². The Kier molecular flexibility index (Phi) is 3.39. The summed E-state index contributed by atoms with van der Waals surface area (Å²) in [6.45, 7) is 9.35. The van der Waals surface area contributed by atoms with Crippen molar-refractivity contribution in [1.29, 1.82) is 0 Å². The third kappa shape index (κ3) is 2.38. The summed E-state index contributed by atoms with van der Waals surface area (Å²) in [5, 5.41) is 2.80. The molecule has 4 nitrogen and oxygen atoms in total. The predicted octanol–water partition coefficient (Wildman–Crippen LogP) is 1.41. The van der Waals surface area contributed by atoms with Gasteiger partial charge >= 0.3 is 0 Å². The normalized spacial score (nSPS) is 26.8. The molecule has 18 heavy (non-hydrogen) atoms. The molecule has 1 aliphatic carbocycles. The Morgan fingerprint density at radius 2 is 1.89 bits per heavy atom. The summed E-state index contributed by atoms with van der Waals surface area (Å²) in [7, 11) is 0. The summed E-state index contributed by atoms with van der Waals surface area (Å²) in [5.74, 6) is 0.802. The maximum Gasteiger partial charge on any atom is 0.245 e. The summed E-state index contributed by atoms with van der Waals surface area (Å²) >= 11 is 0. The van der Waals surface area contributed by atoms with E-state index in [2.05, 4.69) is 19.2 Å².